The number of anilines is 1. The third-order valence-corrected chi connectivity index (χ3v) is 7.34. The predicted molar refractivity (Wildman–Crippen MR) is 144 cm³/mol. The van der Waals surface area contributed by atoms with Crippen molar-refractivity contribution in [2.24, 2.45) is 12.8 Å². The monoisotopic (exact) mass is 600 g/mol. The van der Waals surface area contributed by atoms with Crippen molar-refractivity contribution in [2.75, 3.05) is 5.32 Å². The number of nitrogens with zero attached hydrogens (tertiary/aromatic N) is 6. The summed E-state index contributed by atoms with van der Waals surface area (Å²) in [5, 5.41) is 22.2. The number of hydrogen-bond acceptors (Lipinski definition) is 9. The van der Waals surface area contributed by atoms with E-state index >= 15 is 0 Å². The maximum absolute atomic E-state index is 13.7. The molecule has 216 valence electrons. The number of benzene rings is 1. The van der Waals surface area contributed by atoms with E-state index in [4.69, 9.17) is 10.5 Å². The van der Waals surface area contributed by atoms with Gasteiger partial charge in [0.2, 0.25) is 5.75 Å². The highest BCUT2D eigenvalue weighted by atomic mass is 32.1. The first kappa shape index (κ1) is 28.2. The molecule has 0 spiro atoms. The molecule has 1 aromatic carbocycles. The van der Waals surface area contributed by atoms with Gasteiger partial charge in [0.05, 0.1) is 16.8 Å². The SMILES string of the molecule is Cc1c(-c2cc(C(F)F)nc3sc(C(N)=O)c(NC(=O)c4ccn(COc5cc(F)ccc5[N+](=O)[O-])n4)c23)cnn1C. The van der Waals surface area contributed by atoms with Crippen LogP contribution in [0.25, 0.3) is 21.3 Å². The molecule has 5 aromatic rings. The Kier molecular flexibility index (Phi) is 7.34. The van der Waals surface area contributed by atoms with E-state index in [1.54, 1.807) is 14.0 Å². The lowest BCUT2D eigenvalue weighted by molar-refractivity contribution is -0.386. The van der Waals surface area contributed by atoms with Gasteiger partial charge in [-0.1, -0.05) is 0 Å². The Hall–Kier alpha value is -5.32. The molecular formula is C25H19F3N8O5S. The molecule has 17 heteroatoms. The molecule has 42 heavy (non-hydrogen) atoms. The summed E-state index contributed by atoms with van der Waals surface area (Å²) in [4.78, 5) is 40.0. The van der Waals surface area contributed by atoms with Crippen LogP contribution in [0.4, 0.5) is 24.5 Å². The quantitative estimate of drug-likeness (QED) is 0.183. The van der Waals surface area contributed by atoms with Gasteiger partial charge in [0.25, 0.3) is 18.2 Å². The lowest BCUT2D eigenvalue weighted by atomic mass is 10.0. The molecule has 4 aromatic heterocycles. The number of carbonyl (C=O) groups excluding carboxylic acids is 2. The normalized spacial score (nSPS) is 11.3. The third-order valence-electron chi connectivity index (χ3n) is 6.24. The predicted octanol–water partition coefficient (Wildman–Crippen LogP) is 4.57. The van der Waals surface area contributed by atoms with Crippen molar-refractivity contribution in [1.29, 1.82) is 0 Å². The number of halogens is 3. The number of aromatic nitrogens is 5. The van der Waals surface area contributed by atoms with Crippen LogP contribution in [-0.2, 0) is 13.8 Å². The zero-order valence-corrected chi connectivity index (χ0v) is 22.5. The fourth-order valence-electron chi connectivity index (χ4n) is 4.12. The Balaban J connectivity index is 1.49. The molecule has 4 heterocycles. The molecule has 0 aliphatic heterocycles. The Morgan fingerprint density at radius 3 is 2.64 bits per heavy atom. The van der Waals surface area contributed by atoms with Gasteiger partial charge in [0, 0.05) is 42.0 Å². The fourth-order valence-corrected chi connectivity index (χ4v) is 5.13. The summed E-state index contributed by atoms with van der Waals surface area (Å²) < 4.78 is 49.1. The van der Waals surface area contributed by atoms with Crippen molar-refractivity contribution in [3.63, 3.8) is 0 Å². The van der Waals surface area contributed by atoms with Gasteiger partial charge in [-0.3, -0.25) is 24.4 Å². The summed E-state index contributed by atoms with van der Waals surface area (Å²) in [6.45, 7) is 1.32. The lowest BCUT2D eigenvalue weighted by Crippen LogP contribution is -2.18. The average Bonchev–Trinajstić information content (AvgIpc) is 3.65. The molecule has 0 atom stereocenters. The van der Waals surface area contributed by atoms with Crippen molar-refractivity contribution in [2.45, 2.75) is 20.1 Å². The van der Waals surface area contributed by atoms with Gasteiger partial charge in [0.1, 0.15) is 21.2 Å². The van der Waals surface area contributed by atoms with Gasteiger partial charge in [-0.25, -0.2) is 22.8 Å². The summed E-state index contributed by atoms with van der Waals surface area (Å²) in [7, 11) is 1.67. The average molecular weight is 601 g/mol. The van der Waals surface area contributed by atoms with Gasteiger partial charge in [-0.2, -0.15) is 10.2 Å². The van der Waals surface area contributed by atoms with E-state index in [2.05, 4.69) is 20.5 Å². The lowest BCUT2D eigenvalue weighted by Gasteiger charge is -2.10. The van der Waals surface area contributed by atoms with Crippen LogP contribution in [0.3, 0.4) is 0 Å². The number of nitro groups is 1. The number of ether oxygens (including phenoxy) is 1. The second-order valence-electron chi connectivity index (χ2n) is 8.85. The maximum atomic E-state index is 13.7. The molecule has 0 aliphatic rings. The smallest absolute Gasteiger partial charge is 0.311 e. The largest absolute Gasteiger partial charge is 0.464 e. The van der Waals surface area contributed by atoms with Crippen molar-refractivity contribution in [3.05, 3.63) is 80.6 Å². The summed E-state index contributed by atoms with van der Waals surface area (Å²) in [6.07, 6.45) is -0.110. The maximum Gasteiger partial charge on any atom is 0.311 e. The second kappa shape index (κ2) is 10.9. The van der Waals surface area contributed by atoms with Crippen molar-refractivity contribution in [3.8, 4) is 16.9 Å². The van der Waals surface area contributed by atoms with Crippen molar-refractivity contribution < 1.29 is 32.4 Å². The number of nitrogens with one attached hydrogen (secondary N) is 1. The molecule has 0 radical (unpaired) electrons. The van der Waals surface area contributed by atoms with Gasteiger partial charge < -0.3 is 15.8 Å². The zero-order valence-electron chi connectivity index (χ0n) is 21.7. The highest BCUT2D eigenvalue weighted by molar-refractivity contribution is 7.21. The van der Waals surface area contributed by atoms with Crippen LogP contribution in [0, 0.1) is 22.9 Å². The molecule has 0 aliphatic carbocycles. The van der Waals surface area contributed by atoms with Crippen molar-refractivity contribution >= 4 is 44.7 Å². The number of nitro benzene ring substituents is 1. The minimum atomic E-state index is -2.91. The van der Waals surface area contributed by atoms with Crippen LogP contribution < -0.4 is 15.8 Å². The second-order valence-corrected chi connectivity index (χ2v) is 9.85. The summed E-state index contributed by atoms with van der Waals surface area (Å²) in [5.41, 5.74) is 5.74. The summed E-state index contributed by atoms with van der Waals surface area (Å²) in [5.74, 6) is -2.80. The highest BCUT2D eigenvalue weighted by Gasteiger charge is 2.27. The number of primary amides is 1. The number of thiophene rings is 1. The first-order chi connectivity index (χ1) is 19.9. The molecular weight excluding hydrogens is 581 g/mol. The first-order valence-electron chi connectivity index (χ1n) is 11.9. The minimum absolute atomic E-state index is 0.0414. The van der Waals surface area contributed by atoms with Gasteiger partial charge in [-0.15, -0.1) is 11.3 Å². The number of pyridine rings is 1. The van der Waals surface area contributed by atoms with E-state index in [9.17, 15) is 32.9 Å². The number of fused-ring (bicyclic) bond motifs is 1. The van der Waals surface area contributed by atoms with Crippen LogP contribution in [0.15, 0.2) is 42.7 Å². The fraction of sp³-hybridized carbons (Fsp3) is 0.160. The molecule has 0 saturated heterocycles. The Labute approximate surface area is 237 Å². The first-order valence-corrected chi connectivity index (χ1v) is 12.7. The standard InChI is InChI=1S/C25H19F3N8O5S/c1-11-14(9-30-34(11)2)13-8-16(22(27)28)31-25-19(13)20(21(42-25)23(29)37)32-24(38)15-5-6-35(33-15)10-41-18-7-12(26)3-4-17(18)36(39)40/h3-9,22H,10H2,1-2H3,(H2,29,37)(H,32,38). The van der Waals surface area contributed by atoms with Crippen LogP contribution >= 0.6 is 11.3 Å². The van der Waals surface area contributed by atoms with Crippen molar-refractivity contribution in [1.82, 2.24) is 24.5 Å². The van der Waals surface area contributed by atoms with Gasteiger partial charge in [0.15, 0.2) is 12.4 Å². The number of amides is 2. The number of aryl methyl sites for hydroxylation is 1. The Morgan fingerprint density at radius 1 is 1.24 bits per heavy atom. The Bertz CT molecular complexity index is 1880. The third kappa shape index (κ3) is 5.24. The van der Waals surface area contributed by atoms with Crippen LogP contribution in [-0.4, -0.2) is 41.3 Å². The van der Waals surface area contributed by atoms with E-state index in [0.29, 0.717) is 11.3 Å². The summed E-state index contributed by atoms with van der Waals surface area (Å²) >= 11 is 0.746. The minimum Gasteiger partial charge on any atom is -0.464 e. The molecule has 0 unspecified atom stereocenters. The number of nitrogens with two attached hydrogens (primary N) is 1. The van der Waals surface area contributed by atoms with E-state index in [-0.39, 0.29) is 37.8 Å². The van der Waals surface area contributed by atoms with Gasteiger partial charge >= 0.3 is 5.69 Å². The highest BCUT2D eigenvalue weighted by Crippen LogP contribution is 2.43. The molecule has 0 fully saturated rings. The number of carbonyl (C=O) groups is 2. The molecule has 13 nitrogen and oxygen atoms in total. The molecule has 3 N–H and O–H groups in total. The van der Waals surface area contributed by atoms with Crippen LogP contribution in [0.5, 0.6) is 5.75 Å². The van der Waals surface area contributed by atoms with E-state index in [0.717, 1.165) is 34.2 Å². The Morgan fingerprint density at radius 2 is 2.00 bits per heavy atom. The molecule has 0 bridgehead atoms. The van der Waals surface area contributed by atoms with Crippen LogP contribution in [0.2, 0.25) is 0 Å². The summed E-state index contributed by atoms with van der Waals surface area (Å²) in [6, 6.07) is 5.19. The zero-order chi connectivity index (χ0) is 30.3. The van der Waals surface area contributed by atoms with E-state index < -0.39 is 47.1 Å². The number of alkyl halides is 2. The molecule has 5 rings (SSSR count). The van der Waals surface area contributed by atoms with Crippen LogP contribution in [0.1, 0.15) is 38.0 Å². The van der Waals surface area contributed by atoms with E-state index in [1.165, 1.54) is 29.2 Å². The van der Waals surface area contributed by atoms with Gasteiger partial charge in [-0.05, 0) is 30.7 Å². The molecule has 0 saturated carbocycles. The molecule has 2 amide bonds. The topological polar surface area (TPSA) is 173 Å². The number of rotatable bonds is 9. The number of hydrogen-bond donors (Lipinski definition) is 2. The van der Waals surface area contributed by atoms with E-state index in [1.807, 2.05) is 0 Å².